The molecule has 1 N–H and O–H groups in total. The fourth-order valence-corrected chi connectivity index (χ4v) is 1.52. The molecule has 0 bridgehead atoms. The first-order valence-electron chi connectivity index (χ1n) is 5.14. The van der Waals surface area contributed by atoms with Crippen molar-refractivity contribution < 1.29 is 4.79 Å². The second kappa shape index (κ2) is 6.06. The normalized spacial score (nSPS) is 12.2. The minimum absolute atomic E-state index is 0.133. The summed E-state index contributed by atoms with van der Waals surface area (Å²) in [6.07, 6.45) is 1.02. The maximum absolute atomic E-state index is 11.7. The smallest absolute Gasteiger partial charge is 0.254 e. The van der Waals surface area contributed by atoms with Crippen molar-refractivity contribution in [3.05, 3.63) is 28.0 Å². The van der Waals surface area contributed by atoms with Crippen LogP contribution in [0.15, 0.2) is 12.1 Å². The van der Waals surface area contributed by atoms with Crippen LogP contribution in [0.3, 0.4) is 0 Å². The highest BCUT2D eigenvalue weighted by Crippen LogP contribution is 2.16. The van der Waals surface area contributed by atoms with Crippen LogP contribution < -0.4 is 5.32 Å². The molecule has 5 heteroatoms. The lowest BCUT2D eigenvalue weighted by Gasteiger charge is -2.10. The molecule has 0 saturated heterocycles. The summed E-state index contributed by atoms with van der Waals surface area (Å²) in [5.41, 5.74) is 0.356. The standard InChI is InChI=1S/C11H14Cl2N2O/c1-3-7(2)6-14-11(16)8-4-5-9(12)15-10(8)13/h4-5,7H,3,6H2,1-2H3,(H,14,16). The van der Waals surface area contributed by atoms with Crippen LogP contribution in [0.25, 0.3) is 0 Å². The van der Waals surface area contributed by atoms with Gasteiger partial charge in [0, 0.05) is 6.54 Å². The third-order valence-electron chi connectivity index (χ3n) is 2.37. The summed E-state index contributed by atoms with van der Waals surface area (Å²) in [6.45, 7) is 4.78. The van der Waals surface area contributed by atoms with E-state index in [4.69, 9.17) is 23.2 Å². The Morgan fingerprint density at radius 2 is 2.19 bits per heavy atom. The molecule has 0 saturated carbocycles. The predicted octanol–water partition coefficient (Wildman–Crippen LogP) is 3.16. The second-order valence-corrected chi connectivity index (χ2v) is 4.44. The molecule has 0 aliphatic heterocycles. The monoisotopic (exact) mass is 260 g/mol. The molecule has 1 atom stereocenters. The molecule has 0 radical (unpaired) electrons. The van der Waals surface area contributed by atoms with Gasteiger partial charge in [0.05, 0.1) is 5.56 Å². The van der Waals surface area contributed by atoms with Crippen molar-refractivity contribution in [3.63, 3.8) is 0 Å². The van der Waals surface area contributed by atoms with Crippen molar-refractivity contribution in [2.24, 2.45) is 5.92 Å². The number of nitrogens with zero attached hydrogens (tertiary/aromatic N) is 1. The molecule has 1 rings (SSSR count). The van der Waals surface area contributed by atoms with Gasteiger partial charge in [-0.05, 0) is 18.1 Å². The Morgan fingerprint density at radius 1 is 1.50 bits per heavy atom. The van der Waals surface area contributed by atoms with Crippen LogP contribution in [0.5, 0.6) is 0 Å². The number of hydrogen-bond donors (Lipinski definition) is 1. The van der Waals surface area contributed by atoms with Gasteiger partial charge in [-0.2, -0.15) is 0 Å². The summed E-state index contributed by atoms with van der Waals surface area (Å²) in [7, 11) is 0. The molecular formula is C11H14Cl2N2O. The molecule has 1 aromatic heterocycles. The number of hydrogen-bond acceptors (Lipinski definition) is 2. The van der Waals surface area contributed by atoms with Crippen LogP contribution in [0, 0.1) is 5.92 Å². The zero-order chi connectivity index (χ0) is 12.1. The Balaban J connectivity index is 2.66. The number of amides is 1. The van der Waals surface area contributed by atoms with Gasteiger partial charge in [0.25, 0.3) is 5.91 Å². The average Bonchev–Trinajstić information content (AvgIpc) is 2.25. The SMILES string of the molecule is CCC(C)CNC(=O)c1ccc(Cl)nc1Cl. The summed E-state index contributed by atoms with van der Waals surface area (Å²) in [5.74, 6) is 0.234. The third-order valence-corrected chi connectivity index (χ3v) is 2.87. The average molecular weight is 261 g/mol. The first kappa shape index (κ1) is 13.3. The Kier molecular flexibility index (Phi) is 5.03. The summed E-state index contributed by atoms with van der Waals surface area (Å²) in [5, 5.41) is 3.22. The van der Waals surface area contributed by atoms with Crippen molar-refractivity contribution in [2.75, 3.05) is 6.54 Å². The maximum atomic E-state index is 11.7. The fraction of sp³-hybridized carbons (Fsp3) is 0.455. The van der Waals surface area contributed by atoms with Gasteiger partial charge in [0.15, 0.2) is 0 Å². The largest absolute Gasteiger partial charge is 0.352 e. The highest BCUT2D eigenvalue weighted by atomic mass is 35.5. The molecule has 1 heterocycles. The minimum Gasteiger partial charge on any atom is -0.352 e. The molecule has 88 valence electrons. The molecule has 1 aromatic rings. The minimum atomic E-state index is -0.213. The molecule has 0 aliphatic carbocycles. The molecule has 1 unspecified atom stereocenters. The lowest BCUT2D eigenvalue weighted by Crippen LogP contribution is -2.28. The van der Waals surface area contributed by atoms with Crippen LogP contribution in [0.2, 0.25) is 10.3 Å². The van der Waals surface area contributed by atoms with E-state index in [2.05, 4.69) is 24.1 Å². The van der Waals surface area contributed by atoms with Gasteiger partial charge in [-0.1, -0.05) is 43.5 Å². The number of carbonyl (C=O) groups excluding carboxylic acids is 1. The van der Waals surface area contributed by atoms with Crippen LogP contribution >= 0.6 is 23.2 Å². The van der Waals surface area contributed by atoms with Crippen LogP contribution in [0.1, 0.15) is 30.6 Å². The molecule has 0 aliphatic rings. The molecule has 3 nitrogen and oxygen atoms in total. The van der Waals surface area contributed by atoms with E-state index in [0.29, 0.717) is 18.0 Å². The number of pyridine rings is 1. The van der Waals surface area contributed by atoms with Crippen molar-refractivity contribution in [1.82, 2.24) is 10.3 Å². The first-order valence-corrected chi connectivity index (χ1v) is 5.90. The highest BCUT2D eigenvalue weighted by Gasteiger charge is 2.12. The number of halogens is 2. The van der Waals surface area contributed by atoms with Gasteiger partial charge < -0.3 is 5.32 Å². The van der Waals surface area contributed by atoms with Crippen molar-refractivity contribution in [3.8, 4) is 0 Å². The van der Waals surface area contributed by atoms with E-state index in [1.807, 2.05) is 0 Å². The van der Waals surface area contributed by atoms with E-state index >= 15 is 0 Å². The van der Waals surface area contributed by atoms with E-state index < -0.39 is 0 Å². The first-order chi connectivity index (χ1) is 7.54. The lowest BCUT2D eigenvalue weighted by atomic mass is 10.1. The van der Waals surface area contributed by atoms with E-state index in [-0.39, 0.29) is 16.2 Å². The number of carbonyl (C=O) groups is 1. The number of aromatic nitrogens is 1. The quantitative estimate of drug-likeness (QED) is 0.846. The lowest BCUT2D eigenvalue weighted by molar-refractivity contribution is 0.0947. The summed E-state index contributed by atoms with van der Waals surface area (Å²) in [6, 6.07) is 3.12. The van der Waals surface area contributed by atoms with Crippen LogP contribution in [-0.2, 0) is 0 Å². The zero-order valence-electron chi connectivity index (χ0n) is 9.26. The molecule has 0 fully saturated rings. The fourth-order valence-electron chi connectivity index (χ4n) is 1.09. The van der Waals surface area contributed by atoms with Gasteiger partial charge in [-0.25, -0.2) is 4.98 Å². The maximum Gasteiger partial charge on any atom is 0.254 e. The van der Waals surface area contributed by atoms with Crippen molar-refractivity contribution in [2.45, 2.75) is 20.3 Å². The summed E-state index contributed by atoms with van der Waals surface area (Å²) >= 11 is 11.5. The molecular weight excluding hydrogens is 247 g/mol. The highest BCUT2D eigenvalue weighted by molar-refractivity contribution is 6.34. The third kappa shape index (κ3) is 3.65. The van der Waals surface area contributed by atoms with Gasteiger partial charge in [-0.3, -0.25) is 4.79 Å². The second-order valence-electron chi connectivity index (χ2n) is 3.70. The number of nitrogens with one attached hydrogen (secondary N) is 1. The van der Waals surface area contributed by atoms with Crippen LogP contribution in [-0.4, -0.2) is 17.4 Å². The van der Waals surface area contributed by atoms with E-state index in [9.17, 15) is 4.79 Å². The Morgan fingerprint density at radius 3 is 2.75 bits per heavy atom. The molecule has 16 heavy (non-hydrogen) atoms. The van der Waals surface area contributed by atoms with Gasteiger partial charge in [0.1, 0.15) is 10.3 Å². The number of rotatable bonds is 4. The van der Waals surface area contributed by atoms with Gasteiger partial charge >= 0.3 is 0 Å². The van der Waals surface area contributed by atoms with Gasteiger partial charge in [0.2, 0.25) is 0 Å². The Labute approximate surface area is 105 Å². The summed E-state index contributed by atoms with van der Waals surface area (Å²) in [4.78, 5) is 15.5. The Hall–Kier alpha value is -0.800. The molecule has 1 amide bonds. The van der Waals surface area contributed by atoms with E-state index in [1.165, 1.54) is 0 Å². The zero-order valence-corrected chi connectivity index (χ0v) is 10.8. The summed E-state index contributed by atoms with van der Waals surface area (Å²) < 4.78 is 0. The van der Waals surface area contributed by atoms with E-state index in [1.54, 1.807) is 12.1 Å². The molecule has 0 aromatic carbocycles. The predicted molar refractivity (Wildman–Crippen MR) is 66.0 cm³/mol. The molecule has 0 spiro atoms. The van der Waals surface area contributed by atoms with Crippen molar-refractivity contribution >= 4 is 29.1 Å². The van der Waals surface area contributed by atoms with Gasteiger partial charge in [-0.15, -0.1) is 0 Å². The topological polar surface area (TPSA) is 42.0 Å². The van der Waals surface area contributed by atoms with E-state index in [0.717, 1.165) is 6.42 Å². The Bertz CT molecular complexity index is 382. The van der Waals surface area contributed by atoms with Crippen LogP contribution in [0.4, 0.5) is 0 Å². The van der Waals surface area contributed by atoms with Crippen molar-refractivity contribution in [1.29, 1.82) is 0 Å².